The van der Waals surface area contributed by atoms with Crippen molar-refractivity contribution in [3.63, 3.8) is 0 Å². The number of nitrogens with one attached hydrogen (secondary N) is 2. The summed E-state index contributed by atoms with van der Waals surface area (Å²) in [5.74, 6) is 7.31. The monoisotopic (exact) mass is 270 g/mol. The summed E-state index contributed by atoms with van der Waals surface area (Å²) in [6.45, 7) is 0.849. The molecule has 2 heterocycles. The van der Waals surface area contributed by atoms with E-state index in [1.165, 1.54) is 32.1 Å². The van der Waals surface area contributed by atoms with E-state index in [1.54, 1.807) is 0 Å². The average Bonchev–Trinajstić information content (AvgIpc) is 2.45. The van der Waals surface area contributed by atoms with Crippen LogP contribution in [0.15, 0.2) is 0 Å². The molecule has 1 aromatic heterocycles. The second-order valence-electron chi connectivity index (χ2n) is 3.98. The molecule has 100 valence electrons. The van der Waals surface area contributed by atoms with E-state index in [0.29, 0.717) is 17.1 Å². The summed E-state index contributed by atoms with van der Waals surface area (Å²) < 4.78 is 4.99. The van der Waals surface area contributed by atoms with Crippen LogP contribution in [-0.2, 0) is 0 Å². The number of thioether (sulfide) groups is 1. The molecule has 4 N–H and O–H groups in total. The zero-order valence-corrected chi connectivity index (χ0v) is 11.2. The highest BCUT2D eigenvalue weighted by atomic mass is 32.2. The molecule has 0 radical (unpaired) electrons. The number of aromatic nitrogens is 3. The Morgan fingerprint density at radius 1 is 1.33 bits per heavy atom. The van der Waals surface area contributed by atoms with Gasteiger partial charge in [0.1, 0.15) is 0 Å². The van der Waals surface area contributed by atoms with Crippen LogP contribution in [0.3, 0.4) is 0 Å². The van der Waals surface area contributed by atoms with E-state index in [1.807, 2.05) is 11.8 Å². The first-order chi connectivity index (χ1) is 8.81. The van der Waals surface area contributed by atoms with Crippen molar-refractivity contribution >= 4 is 23.7 Å². The minimum absolute atomic E-state index is 0.247. The molecular weight excluding hydrogens is 252 g/mol. The van der Waals surface area contributed by atoms with Crippen molar-refractivity contribution < 1.29 is 4.74 Å². The topological polar surface area (TPSA) is 98.0 Å². The number of anilines is 2. The van der Waals surface area contributed by atoms with Gasteiger partial charge in [-0.25, -0.2) is 5.84 Å². The van der Waals surface area contributed by atoms with Crippen LogP contribution in [0.5, 0.6) is 6.01 Å². The van der Waals surface area contributed by atoms with Gasteiger partial charge in [-0.05, 0) is 18.6 Å². The normalized spacial score (nSPS) is 19.3. The van der Waals surface area contributed by atoms with Crippen molar-refractivity contribution in [3.05, 3.63) is 0 Å². The van der Waals surface area contributed by atoms with Gasteiger partial charge in [0, 0.05) is 11.8 Å². The molecule has 0 aromatic carbocycles. The van der Waals surface area contributed by atoms with Crippen molar-refractivity contribution in [1.29, 1.82) is 0 Å². The van der Waals surface area contributed by atoms with Gasteiger partial charge in [0.2, 0.25) is 11.9 Å². The van der Waals surface area contributed by atoms with Gasteiger partial charge >= 0.3 is 6.01 Å². The van der Waals surface area contributed by atoms with E-state index in [9.17, 15) is 0 Å². The van der Waals surface area contributed by atoms with Gasteiger partial charge in [-0.15, -0.1) is 0 Å². The van der Waals surface area contributed by atoms with E-state index < -0.39 is 0 Å². The molecule has 1 aliphatic rings. The summed E-state index contributed by atoms with van der Waals surface area (Å²) in [6.07, 6.45) is 3.86. The summed E-state index contributed by atoms with van der Waals surface area (Å²) >= 11 is 2.00. The largest absolute Gasteiger partial charge is 0.467 e. The van der Waals surface area contributed by atoms with E-state index in [-0.39, 0.29) is 6.01 Å². The molecule has 0 bridgehead atoms. The van der Waals surface area contributed by atoms with Crippen LogP contribution in [0.2, 0.25) is 0 Å². The quantitative estimate of drug-likeness (QED) is 0.535. The molecule has 1 atom stereocenters. The molecule has 0 spiro atoms. The number of methoxy groups -OCH3 is 1. The number of hydrogen-bond acceptors (Lipinski definition) is 8. The highest BCUT2D eigenvalue weighted by Gasteiger charge is 2.14. The molecule has 1 unspecified atom stereocenters. The maximum Gasteiger partial charge on any atom is 0.322 e. The Labute approximate surface area is 110 Å². The third kappa shape index (κ3) is 3.61. The Balaban J connectivity index is 1.94. The molecule has 0 saturated carbocycles. The minimum atomic E-state index is 0.247. The highest BCUT2D eigenvalue weighted by molar-refractivity contribution is 7.99. The van der Waals surface area contributed by atoms with Gasteiger partial charge in [-0.1, -0.05) is 6.42 Å². The molecule has 1 aliphatic heterocycles. The molecule has 1 fully saturated rings. The van der Waals surface area contributed by atoms with Crippen molar-refractivity contribution in [2.24, 2.45) is 5.84 Å². The smallest absolute Gasteiger partial charge is 0.322 e. The Bertz CT molecular complexity index is 362. The van der Waals surface area contributed by atoms with Crippen molar-refractivity contribution in [1.82, 2.24) is 15.0 Å². The van der Waals surface area contributed by atoms with Crippen molar-refractivity contribution in [3.8, 4) is 6.01 Å². The molecule has 8 heteroatoms. The molecule has 7 nitrogen and oxygen atoms in total. The highest BCUT2D eigenvalue weighted by Crippen LogP contribution is 2.25. The summed E-state index contributed by atoms with van der Waals surface area (Å²) in [6, 6.07) is 0.247. The van der Waals surface area contributed by atoms with Crippen LogP contribution in [0.1, 0.15) is 19.3 Å². The summed E-state index contributed by atoms with van der Waals surface area (Å²) in [4.78, 5) is 12.2. The number of nitrogens with zero attached hydrogens (tertiary/aromatic N) is 3. The standard InChI is InChI=1S/C10H18N6OS/c1-17-10-14-8(13-9(15-10)16-11)12-6-7-4-2-3-5-18-7/h7H,2-6,11H2,1H3,(H2,12,13,14,15,16). The predicted molar refractivity (Wildman–Crippen MR) is 72.8 cm³/mol. The predicted octanol–water partition coefficient (Wildman–Crippen LogP) is 0.863. The molecular formula is C10H18N6OS. The minimum Gasteiger partial charge on any atom is -0.467 e. The number of hydrogen-bond donors (Lipinski definition) is 3. The second-order valence-corrected chi connectivity index (χ2v) is 5.39. The van der Waals surface area contributed by atoms with E-state index in [0.717, 1.165) is 6.54 Å². The third-order valence-electron chi connectivity index (χ3n) is 2.69. The van der Waals surface area contributed by atoms with Gasteiger partial charge < -0.3 is 10.1 Å². The number of nitrogen functional groups attached to an aromatic ring is 1. The van der Waals surface area contributed by atoms with Crippen molar-refractivity contribution in [2.45, 2.75) is 24.5 Å². The average molecular weight is 270 g/mol. The first-order valence-electron chi connectivity index (χ1n) is 5.94. The number of hydrazine groups is 1. The third-order valence-corrected chi connectivity index (χ3v) is 4.09. The summed E-state index contributed by atoms with van der Waals surface area (Å²) in [7, 11) is 1.51. The lowest BCUT2D eigenvalue weighted by Crippen LogP contribution is -2.22. The first-order valence-corrected chi connectivity index (χ1v) is 6.99. The van der Waals surface area contributed by atoms with Crippen LogP contribution in [0.4, 0.5) is 11.9 Å². The van der Waals surface area contributed by atoms with Gasteiger partial charge in [-0.3, -0.25) is 5.43 Å². The molecule has 1 saturated heterocycles. The molecule has 0 amide bonds. The second kappa shape index (κ2) is 6.60. The van der Waals surface area contributed by atoms with E-state index in [2.05, 4.69) is 25.7 Å². The van der Waals surface area contributed by atoms with Crippen LogP contribution >= 0.6 is 11.8 Å². The van der Waals surface area contributed by atoms with Gasteiger partial charge in [0.15, 0.2) is 0 Å². The fraction of sp³-hybridized carbons (Fsp3) is 0.700. The summed E-state index contributed by atoms with van der Waals surface area (Å²) in [5, 5.41) is 3.83. The lowest BCUT2D eigenvalue weighted by Gasteiger charge is -2.21. The van der Waals surface area contributed by atoms with E-state index in [4.69, 9.17) is 10.6 Å². The SMILES string of the molecule is COc1nc(NN)nc(NCC2CCCCS2)n1. The van der Waals surface area contributed by atoms with E-state index >= 15 is 0 Å². The fourth-order valence-corrected chi connectivity index (χ4v) is 3.00. The molecule has 0 aliphatic carbocycles. The van der Waals surface area contributed by atoms with Crippen molar-refractivity contribution in [2.75, 3.05) is 30.1 Å². The zero-order chi connectivity index (χ0) is 12.8. The van der Waals surface area contributed by atoms with Crippen LogP contribution in [0, 0.1) is 0 Å². The zero-order valence-electron chi connectivity index (χ0n) is 10.3. The number of nitrogens with two attached hydrogens (primary N) is 1. The van der Waals surface area contributed by atoms with Crippen LogP contribution < -0.4 is 21.3 Å². The lowest BCUT2D eigenvalue weighted by atomic mass is 10.2. The first kappa shape index (κ1) is 13.2. The lowest BCUT2D eigenvalue weighted by molar-refractivity contribution is 0.379. The molecule has 18 heavy (non-hydrogen) atoms. The fourth-order valence-electron chi connectivity index (χ4n) is 1.76. The number of ether oxygens (including phenoxy) is 1. The van der Waals surface area contributed by atoms with Gasteiger partial charge in [-0.2, -0.15) is 26.7 Å². The van der Waals surface area contributed by atoms with Gasteiger partial charge in [0.25, 0.3) is 0 Å². The van der Waals surface area contributed by atoms with Crippen LogP contribution in [-0.4, -0.2) is 39.6 Å². The maximum atomic E-state index is 5.29. The Hall–Kier alpha value is -1.28. The van der Waals surface area contributed by atoms with Gasteiger partial charge in [0.05, 0.1) is 7.11 Å². The molecule has 2 rings (SSSR count). The Kier molecular flexibility index (Phi) is 4.82. The Morgan fingerprint density at radius 2 is 2.17 bits per heavy atom. The molecule has 1 aromatic rings. The van der Waals surface area contributed by atoms with Crippen LogP contribution in [0.25, 0.3) is 0 Å². The Morgan fingerprint density at radius 3 is 2.83 bits per heavy atom. The maximum absolute atomic E-state index is 5.29. The number of rotatable bonds is 5. The summed E-state index contributed by atoms with van der Waals surface area (Å²) in [5.41, 5.74) is 2.39.